The van der Waals surface area contributed by atoms with Crippen LogP contribution in [0.15, 0.2) is 42.5 Å². The number of carbonyl (C=O) groups is 2. The van der Waals surface area contributed by atoms with Gasteiger partial charge in [-0.05, 0) is 55.0 Å². The van der Waals surface area contributed by atoms with E-state index in [1.807, 2.05) is 6.92 Å². The van der Waals surface area contributed by atoms with Crippen molar-refractivity contribution in [2.75, 3.05) is 18.1 Å². The second-order valence-electron chi connectivity index (χ2n) is 4.68. The zero-order valence-electron chi connectivity index (χ0n) is 11.9. The van der Waals surface area contributed by atoms with E-state index in [1.165, 1.54) is 0 Å². The lowest BCUT2D eigenvalue weighted by molar-refractivity contribution is 0.0962. The van der Waals surface area contributed by atoms with Gasteiger partial charge in [0.05, 0.1) is 0 Å². The number of rotatable bonds is 3. The Kier molecular flexibility index (Phi) is 4.23. The highest BCUT2D eigenvalue weighted by Crippen LogP contribution is 2.15. The van der Waals surface area contributed by atoms with Gasteiger partial charge < -0.3 is 16.4 Å². The Labute approximate surface area is 123 Å². The fraction of sp³-hybridized carbons (Fsp3) is 0.125. The summed E-state index contributed by atoms with van der Waals surface area (Å²) in [7, 11) is 1.57. The standard InChI is InChI=1S/C16H17N3O2/c1-10-9-12(5-8-14(10)17)16(21)19-13-6-3-11(4-7-13)15(20)18-2/h3-9H,17H2,1-2H3,(H,18,20)(H,19,21). The van der Waals surface area contributed by atoms with Gasteiger partial charge in [0.1, 0.15) is 0 Å². The highest BCUT2D eigenvalue weighted by molar-refractivity contribution is 6.05. The number of hydrogen-bond donors (Lipinski definition) is 3. The maximum absolute atomic E-state index is 12.1. The summed E-state index contributed by atoms with van der Waals surface area (Å²) < 4.78 is 0. The van der Waals surface area contributed by atoms with Crippen LogP contribution in [-0.2, 0) is 0 Å². The zero-order valence-corrected chi connectivity index (χ0v) is 11.9. The van der Waals surface area contributed by atoms with E-state index in [2.05, 4.69) is 10.6 Å². The summed E-state index contributed by atoms with van der Waals surface area (Å²) in [5.41, 5.74) is 8.95. The van der Waals surface area contributed by atoms with Gasteiger partial charge in [0, 0.05) is 29.5 Å². The van der Waals surface area contributed by atoms with Crippen LogP contribution in [0.5, 0.6) is 0 Å². The van der Waals surface area contributed by atoms with Crippen LogP contribution in [0.25, 0.3) is 0 Å². The van der Waals surface area contributed by atoms with Crippen LogP contribution in [-0.4, -0.2) is 18.9 Å². The van der Waals surface area contributed by atoms with Crippen molar-refractivity contribution in [1.29, 1.82) is 0 Å². The quantitative estimate of drug-likeness (QED) is 0.755. The van der Waals surface area contributed by atoms with Gasteiger partial charge in [0.15, 0.2) is 0 Å². The number of nitrogens with one attached hydrogen (secondary N) is 2. The average molecular weight is 283 g/mol. The summed E-state index contributed by atoms with van der Waals surface area (Å²) in [6, 6.07) is 11.8. The van der Waals surface area contributed by atoms with Crippen molar-refractivity contribution >= 4 is 23.2 Å². The molecule has 0 fully saturated rings. The van der Waals surface area contributed by atoms with E-state index in [0.717, 1.165) is 5.56 Å². The molecule has 5 heteroatoms. The Balaban J connectivity index is 2.12. The molecule has 0 aromatic heterocycles. The first-order valence-corrected chi connectivity index (χ1v) is 6.51. The van der Waals surface area contributed by atoms with Gasteiger partial charge in [0.2, 0.25) is 0 Å². The van der Waals surface area contributed by atoms with Crippen LogP contribution in [0.2, 0.25) is 0 Å². The molecule has 2 rings (SSSR count). The Morgan fingerprint density at radius 3 is 2.14 bits per heavy atom. The van der Waals surface area contributed by atoms with Crippen molar-refractivity contribution in [2.24, 2.45) is 0 Å². The van der Waals surface area contributed by atoms with Crippen LogP contribution < -0.4 is 16.4 Å². The molecule has 4 N–H and O–H groups in total. The van der Waals surface area contributed by atoms with Crippen molar-refractivity contribution in [1.82, 2.24) is 5.32 Å². The monoisotopic (exact) mass is 283 g/mol. The first-order valence-electron chi connectivity index (χ1n) is 6.51. The van der Waals surface area contributed by atoms with Crippen molar-refractivity contribution in [2.45, 2.75) is 6.92 Å². The van der Waals surface area contributed by atoms with Gasteiger partial charge in [-0.3, -0.25) is 9.59 Å². The number of carbonyl (C=O) groups excluding carboxylic acids is 2. The molecule has 0 aliphatic heterocycles. The summed E-state index contributed by atoms with van der Waals surface area (Å²) in [6.45, 7) is 1.85. The maximum atomic E-state index is 12.1. The minimum absolute atomic E-state index is 0.165. The lowest BCUT2D eigenvalue weighted by Crippen LogP contribution is -2.18. The van der Waals surface area contributed by atoms with Gasteiger partial charge in [0.25, 0.3) is 11.8 Å². The van der Waals surface area contributed by atoms with E-state index in [-0.39, 0.29) is 11.8 Å². The summed E-state index contributed by atoms with van der Waals surface area (Å²) in [6.07, 6.45) is 0. The topological polar surface area (TPSA) is 84.2 Å². The average Bonchev–Trinajstić information content (AvgIpc) is 2.50. The molecule has 2 amide bonds. The first-order chi connectivity index (χ1) is 10.0. The molecule has 0 atom stereocenters. The fourth-order valence-corrected chi connectivity index (χ4v) is 1.87. The Morgan fingerprint density at radius 1 is 0.952 bits per heavy atom. The molecule has 0 heterocycles. The predicted molar refractivity (Wildman–Crippen MR) is 83.4 cm³/mol. The van der Waals surface area contributed by atoms with Crippen LogP contribution in [0, 0.1) is 6.92 Å². The van der Waals surface area contributed by atoms with Crippen molar-refractivity contribution in [3.8, 4) is 0 Å². The molecule has 108 valence electrons. The predicted octanol–water partition coefficient (Wildman–Crippen LogP) is 2.19. The summed E-state index contributed by atoms with van der Waals surface area (Å²) in [5.74, 6) is -0.382. The molecule has 21 heavy (non-hydrogen) atoms. The molecule has 0 spiro atoms. The lowest BCUT2D eigenvalue weighted by Gasteiger charge is -2.08. The Hall–Kier alpha value is -2.82. The van der Waals surface area contributed by atoms with Crippen molar-refractivity contribution in [3.63, 3.8) is 0 Å². The van der Waals surface area contributed by atoms with E-state index in [0.29, 0.717) is 22.5 Å². The molecule has 0 aliphatic carbocycles. The van der Waals surface area contributed by atoms with Crippen LogP contribution in [0.4, 0.5) is 11.4 Å². The maximum Gasteiger partial charge on any atom is 0.255 e. The first kappa shape index (κ1) is 14.6. The van der Waals surface area contributed by atoms with E-state index in [9.17, 15) is 9.59 Å². The fourth-order valence-electron chi connectivity index (χ4n) is 1.87. The molecular weight excluding hydrogens is 266 g/mol. The van der Waals surface area contributed by atoms with Crippen LogP contribution in [0.3, 0.4) is 0 Å². The molecule has 0 bridgehead atoms. The molecule has 0 aliphatic rings. The van der Waals surface area contributed by atoms with Gasteiger partial charge in [-0.25, -0.2) is 0 Å². The van der Waals surface area contributed by atoms with E-state index in [4.69, 9.17) is 5.73 Å². The number of aryl methyl sites for hydroxylation is 1. The molecule has 0 unspecified atom stereocenters. The SMILES string of the molecule is CNC(=O)c1ccc(NC(=O)c2ccc(N)c(C)c2)cc1. The van der Waals surface area contributed by atoms with E-state index < -0.39 is 0 Å². The van der Waals surface area contributed by atoms with Crippen LogP contribution in [0.1, 0.15) is 26.3 Å². The van der Waals surface area contributed by atoms with Crippen LogP contribution >= 0.6 is 0 Å². The highest BCUT2D eigenvalue weighted by atomic mass is 16.2. The number of anilines is 2. The second kappa shape index (κ2) is 6.09. The Bertz CT molecular complexity index is 678. The second-order valence-corrected chi connectivity index (χ2v) is 4.68. The highest BCUT2D eigenvalue weighted by Gasteiger charge is 2.08. The van der Waals surface area contributed by atoms with E-state index >= 15 is 0 Å². The lowest BCUT2D eigenvalue weighted by atomic mass is 10.1. The minimum Gasteiger partial charge on any atom is -0.399 e. The summed E-state index contributed by atoms with van der Waals surface area (Å²) >= 11 is 0. The summed E-state index contributed by atoms with van der Waals surface area (Å²) in [4.78, 5) is 23.5. The third-order valence-corrected chi connectivity index (χ3v) is 3.16. The number of amides is 2. The molecule has 2 aromatic rings. The van der Waals surface area contributed by atoms with Gasteiger partial charge in [-0.15, -0.1) is 0 Å². The van der Waals surface area contributed by atoms with Gasteiger partial charge >= 0.3 is 0 Å². The van der Waals surface area contributed by atoms with Gasteiger partial charge in [-0.1, -0.05) is 0 Å². The van der Waals surface area contributed by atoms with Gasteiger partial charge in [-0.2, -0.15) is 0 Å². The molecule has 5 nitrogen and oxygen atoms in total. The van der Waals surface area contributed by atoms with Crippen molar-refractivity contribution < 1.29 is 9.59 Å². The normalized spacial score (nSPS) is 10.0. The number of nitrogens with two attached hydrogens (primary N) is 1. The number of nitrogen functional groups attached to an aromatic ring is 1. The largest absolute Gasteiger partial charge is 0.399 e. The number of hydrogen-bond acceptors (Lipinski definition) is 3. The smallest absolute Gasteiger partial charge is 0.255 e. The number of benzene rings is 2. The third-order valence-electron chi connectivity index (χ3n) is 3.16. The minimum atomic E-state index is -0.217. The molecule has 0 saturated carbocycles. The molecule has 2 aromatic carbocycles. The Morgan fingerprint density at radius 2 is 1.57 bits per heavy atom. The molecular formula is C16H17N3O2. The van der Waals surface area contributed by atoms with E-state index in [1.54, 1.807) is 49.5 Å². The third kappa shape index (κ3) is 3.39. The molecule has 0 saturated heterocycles. The zero-order chi connectivity index (χ0) is 15.4. The molecule has 0 radical (unpaired) electrons. The summed E-state index contributed by atoms with van der Waals surface area (Å²) in [5, 5.41) is 5.32. The van der Waals surface area contributed by atoms with Crippen molar-refractivity contribution in [3.05, 3.63) is 59.2 Å².